The van der Waals surface area contributed by atoms with E-state index in [2.05, 4.69) is 17.2 Å². The lowest BCUT2D eigenvalue weighted by molar-refractivity contribution is 0.102. The summed E-state index contributed by atoms with van der Waals surface area (Å²) in [5.74, 6) is 3.26. The molecule has 0 radical (unpaired) electrons. The minimum absolute atomic E-state index is 0.111. The van der Waals surface area contributed by atoms with Crippen molar-refractivity contribution in [2.24, 2.45) is 0 Å². The first kappa shape index (κ1) is 16.2. The molecule has 1 fully saturated rings. The number of oxazole rings is 1. The summed E-state index contributed by atoms with van der Waals surface area (Å²) in [5.41, 5.74) is 4.20. The average molecular weight is 352 g/mol. The number of benzene rings is 2. The van der Waals surface area contributed by atoms with Crippen molar-refractivity contribution in [3.05, 3.63) is 59.5 Å². The van der Waals surface area contributed by atoms with Crippen LogP contribution in [0.4, 0.5) is 5.69 Å². The van der Waals surface area contributed by atoms with Crippen molar-refractivity contribution < 1.29 is 9.21 Å². The summed E-state index contributed by atoms with van der Waals surface area (Å²) in [6, 6.07) is 13.4. The second kappa shape index (κ2) is 6.92. The van der Waals surface area contributed by atoms with Gasteiger partial charge in [0.2, 0.25) is 0 Å². The number of rotatable bonds is 6. The summed E-state index contributed by atoms with van der Waals surface area (Å²) >= 11 is 1.87. The molecular weight excluding hydrogens is 332 g/mol. The molecule has 0 unspecified atom stereocenters. The smallest absolute Gasteiger partial charge is 0.255 e. The summed E-state index contributed by atoms with van der Waals surface area (Å²) < 4.78 is 5.76. The summed E-state index contributed by atoms with van der Waals surface area (Å²) in [6.45, 7) is 2.14. The van der Waals surface area contributed by atoms with Crippen LogP contribution in [0.3, 0.4) is 0 Å². The van der Waals surface area contributed by atoms with Gasteiger partial charge in [-0.2, -0.15) is 11.8 Å². The van der Waals surface area contributed by atoms with Crippen LogP contribution in [-0.2, 0) is 5.75 Å². The first-order valence-electron chi connectivity index (χ1n) is 8.61. The molecule has 1 N–H and O–H groups in total. The second-order valence-electron chi connectivity index (χ2n) is 6.30. The maximum Gasteiger partial charge on any atom is 0.255 e. The molecule has 4 rings (SSSR count). The Bertz CT molecular complexity index is 898. The van der Waals surface area contributed by atoms with Crippen LogP contribution < -0.4 is 5.32 Å². The van der Waals surface area contributed by atoms with Crippen molar-refractivity contribution in [3.63, 3.8) is 0 Å². The molecule has 0 saturated heterocycles. The third-order valence-electron chi connectivity index (χ3n) is 4.28. The number of anilines is 1. The van der Waals surface area contributed by atoms with E-state index < -0.39 is 0 Å². The first-order valence-corrected chi connectivity index (χ1v) is 9.77. The second-order valence-corrected chi connectivity index (χ2v) is 7.57. The zero-order valence-electron chi connectivity index (χ0n) is 14.1. The van der Waals surface area contributed by atoms with E-state index in [9.17, 15) is 4.79 Å². The molecule has 0 aliphatic heterocycles. The minimum atomic E-state index is -0.111. The topological polar surface area (TPSA) is 55.1 Å². The molecule has 0 bridgehead atoms. The van der Waals surface area contributed by atoms with Crippen LogP contribution in [0.25, 0.3) is 11.1 Å². The van der Waals surface area contributed by atoms with Crippen LogP contribution in [0.15, 0.2) is 46.9 Å². The van der Waals surface area contributed by atoms with Gasteiger partial charge >= 0.3 is 0 Å². The molecular formula is C20H20N2O2S. The molecule has 1 heterocycles. The Labute approximate surface area is 151 Å². The Morgan fingerprint density at radius 2 is 2.04 bits per heavy atom. The van der Waals surface area contributed by atoms with E-state index in [0.29, 0.717) is 11.5 Å². The number of carbonyl (C=O) groups excluding carboxylic acids is 1. The predicted octanol–water partition coefficient (Wildman–Crippen LogP) is 5.21. The third kappa shape index (κ3) is 3.71. The molecule has 2 aromatic carbocycles. The standard InChI is InChI=1S/C20H20N2O2S/c1-2-25-12-13-3-5-14(6-4-13)19(23)21-16-9-10-18-17(11-16)22-20(24-18)15-7-8-15/h3-6,9-11,15H,2,7-8,12H2,1H3,(H,21,23). The van der Waals surface area contributed by atoms with Crippen molar-refractivity contribution >= 4 is 34.5 Å². The maximum absolute atomic E-state index is 12.4. The summed E-state index contributed by atoms with van der Waals surface area (Å²) in [6.07, 6.45) is 2.31. The van der Waals surface area contributed by atoms with Gasteiger partial charge in [0.05, 0.1) is 0 Å². The normalized spacial score (nSPS) is 14.0. The van der Waals surface area contributed by atoms with E-state index in [1.807, 2.05) is 54.2 Å². The molecule has 5 heteroatoms. The number of aromatic nitrogens is 1. The molecule has 1 saturated carbocycles. The number of nitrogens with zero attached hydrogens (tertiary/aromatic N) is 1. The average Bonchev–Trinajstić information content (AvgIpc) is 3.40. The number of fused-ring (bicyclic) bond motifs is 1. The lowest BCUT2D eigenvalue weighted by atomic mass is 10.1. The molecule has 128 valence electrons. The molecule has 4 nitrogen and oxygen atoms in total. The van der Waals surface area contributed by atoms with Crippen LogP contribution in [0.2, 0.25) is 0 Å². The van der Waals surface area contributed by atoms with Gasteiger partial charge in [-0.3, -0.25) is 4.79 Å². The minimum Gasteiger partial charge on any atom is -0.440 e. The molecule has 3 aromatic rings. The number of thioether (sulfide) groups is 1. The van der Waals surface area contributed by atoms with Crippen molar-refractivity contribution in [2.75, 3.05) is 11.1 Å². The van der Waals surface area contributed by atoms with Gasteiger partial charge in [0.1, 0.15) is 5.52 Å². The van der Waals surface area contributed by atoms with E-state index in [1.165, 1.54) is 5.56 Å². The zero-order chi connectivity index (χ0) is 17.2. The highest BCUT2D eigenvalue weighted by molar-refractivity contribution is 7.98. The SMILES string of the molecule is CCSCc1ccc(C(=O)Nc2ccc3oc(C4CC4)nc3c2)cc1. The van der Waals surface area contributed by atoms with Gasteiger partial charge in [-0.1, -0.05) is 19.1 Å². The summed E-state index contributed by atoms with van der Waals surface area (Å²) in [7, 11) is 0. The molecule has 1 amide bonds. The number of nitrogens with one attached hydrogen (secondary N) is 1. The molecule has 1 aliphatic rings. The van der Waals surface area contributed by atoms with Gasteiger partial charge in [-0.15, -0.1) is 0 Å². The van der Waals surface area contributed by atoms with Crippen LogP contribution in [-0.4, -0.2) is 16.6 Å². The maximum atomic E-state index is 12.4. The van der Waals surface area contributed by atoms with Crippen LogP contribution in [0, 0.1) is 0 Å². The van der Waals surface area contributed by atoms with Gasteiger partial charge in [0, 0.05) is 22.9 Å². The highest BCUT2D eigenvalue weighted by Crippen LogP contribution is 2.40. The fraction of sp³-hybridized carbons (Fsp3) is 0.300. The van der Waals surface area contributed by atoms with E-state index in [0.717, 1.165) is 47.0 Å². The molecule has 1 aromatic heterocycles. The van der Waals surface area contributed by atoms with Crippen molar-refractivity contribution in [3.8, 4) is 0 Å². The lowest BCUT2D eigenvalue weighted by Crippen LogP contribution is -2.11. The highest BCUT2D eigenvalue weighted by atomic mass is 32.2. The summed E-state index contributed by atoms with van der Waals surface area (Å²) in [4.78, 5) is 17.0. The first-order chi connectivity index (χ1) is 12.2. The van der Waals surface area contributed by atoms with Gasteiger partial charge in [-0.05, 0) is 54.5 Å². The lowest BCUT2D eigenvalue weighted by Gasteiger charge is -2.06. The molecule has 0 spiro atoms. The number of hydrogen-bond donors (Lipinski definition) is 1. The Morgan fingerprint density at radius 1 is 1.24 bits per heavy atom. The monoisotopic (exact) mass is 352 g/mol. The van der Waals surface area contributed by atoms with Crippen molar-refractivity contribution in [2.45, 2.75) is 31.4 Å². The van der Waals surface area contributed by atoms with Crippen LogP contribution in [0.1, 0.15) is 47.5 Å². The van der Waals surface area contributed by atoms with Gasteiger partial charge in [0.15, 0.2) is 11.5 Å². The fourth-order valence-electron chi connectivity index (χ4n) is 2.70. The van der Waals surface area contributed by atoms with Crippen molar-refractivity contribution in [1.82, 2.24) is 4.98 Å². The zero-order valence-corrected chi connectivity index (χ0v) is 14.9. The quantitative estimate of drug-likeness (QED) is 0.661. The Balaban J connectivity index is 1.47. The number of carbonyl (C=O) groups is 1. The molecule has 1 aliphatic carbocycles. The Kier molecular flexibility index (Phi) is 4.49. The van der Waals surface area contributed by atoms with Gasteiger partial charge < -0.3 is 9.73 Å². The third-order valence-corrected chi connectivity index (χ3v) is 5.22. The highest BCUT2D eigenvalue weighted by Gasteiger charge is 2.28. The predicted molar refractivity (Wildman–Crippen MR) is 102 cm³/mol. The van der Waals surface area contributed by atoms with Crippen molar-refractivity contribution in [1.29, 1.82) is 0 Å². The Morgan fingerprint density at radius 3 is 2.76 bits per heavy atom. The van der Waals surface area contributed by atoms with Gasteiger partial charge in [0.25, 0.3) is 5.91 Å². The Hall–Kier alpha value is -2.27. The van der Waals surface area contributed by atoms with Gasteiger partial charge in [-0.25, -0.2) is 4.98 Å². The van der Waals surface area contributed by atoms with E-state index in [1.54, 1.807) is 0 Å². The van der Waals surface area contributed by atoms with E-state index in [4.69, 9.17) is 4.42 Å². The molecule has 25 heavy (non-hydrogen) atoms. The molecule has 0 atom stereocenters. The fourth-order valence-corrected chi connectivity index (χ4v) is 3.34. The van der Waals surface area contributed by atoms with E-state index >= 15 is 0 Å². The summed E-state index contributed by atoms with van der Waals surface area (Å²) in [5, 5.41) is 2.94. The van der Waals surface area contributed by atoms with Crippen LogP contribution in [0.5, 0.6) is 0 Å². The number of hydrogen-bond acceptors (Lipinski definition) is 4. The van der Waals surface area contributed by atoms with Crippen LogP contribution >= 0.6 is 11.8 Å². The van der Waals surface area contributed by atoms with E-state index in [-0.39, 0.29) is 5.91 Å². The largest absolute Gasteiger partial charge is 0.440 e. The number of amides is 1.